The highest BCUT2D eigenvalue weighted by molar-refractivity contribution is 6.02. The Morgan fingerprint density at radius 3 is 2.79 bits per heavy atom. The van der Waals surface area contributed by atoms with Crippen LogP contribution in [0.5, 0.6) is 0 Å². The molecule has 1 heterocycles. The van der Waals surface area contributed by atoms with Gasteiger partial charge < -0.3 is 15.1 Å². The summed E-state index contributed by atoms with van der Waals surface area (Å²) in [5, 5.41) is 5.88. The van der Waals surface area contributed by atoms with E-state index in [1.165, 1.54) is 0 Å². The molecule has 0 aliphatic rings. The number of nitrogens with zero attached hydrogens (tertiary/aromatic N) is 1. The van der Waals surface area contributed by atoms with E-state index in [4.69, 9.17) is 4.42 Å². The van der Waals surface area contributed by atoms with Crippen molar-refractivity contribution < 1.29 is 9.21 Å². The van der Waals surface area contributed by atoms with Crippen molar-refractivity contribution in [3.05, 3.63) is 47.2 Å². The van der Waals surface area contributed by atoms with E-state index >= 15 is 0 Å². The topological polar surface area (TPSA) is 67.2 Å². The highest BCUT2D eigenvalue weighted by Gasteiger charge is 2.15. The first-order valence-corrected chi connectivity index (χ1v) is 6.09. The van der Waals surface area contributed by atoms with Crippen molar-refractivity contribution >= 4 is 11.6 Å². The summed E-state index contributed by atoms with van der Waals surface area (Å²) in [5.74, 6) is 0.475. The second-order valence-electron chi connectivity index (χ2n) is 4.33. The number of aryl methyl sites for hydroxylation is 2. The third kappa shape index (κ3) is 3.20. The normalized spacial score (nSPS) is 10.5. The number of hydrogen-bond donors (Lipinski definition) is 2. The summed E-state index contributed by atoms with van der Waals surface area (Å²) in [6.07, 6.45) is 0. The Morgan fingerprint density at radius 1 is 1.37 bits per heavy atom. The summed E-state index contributed by atoms with van der Waals surface area (Å²) in [6, 6.07) is 7.67. The van der Waals surface area contributed by atoms with Gasteiger partial charge in [-0.2, -0.15) is 0 Å². The van der Waals surface area contributed by atoms with E-state index in [-0.39, 0.29) is 11.7 Å². The molecule has 19 heavy (non-hydrogen) atoms. The van der Waals surface area contributed by atoms with Gasteiger partial charge in [-0.3, -0.25) is 4.79 Å². The largest absolute Gasteiger partial charge is 0.436 e. The molecule has 0 aliphatic carbocycles. The molecule has 2 N–H and O–H groups in total. The lowest BCUT2D eigenvalue weighted by Gasteiger charge is -2.06. The number of rotatable bonds is 4. The fraction of sp³-hybridized carbons (Fsp3) is 0.286. The maximum Gasteiger partial charge on any atom is 0.293 e. The summed E-state index contributed by atoms with van der Waals surface area (Å²) in [7, 11) is 1.88. The number of oxazole rings is 1. The quantitative estimate of drug-likeness (QED) is 0.883. The van der Waals surface area contributed by atoms with Crippen molar-refractivity contribution in [3.63, 3.8) is 0 Å². The minimum absolute atomic E-state index is 0.261. The van der Waals surface area contributed by atoms with E-state index in [9.17, 15) is 4.79 Å². The lowest BCUT2D eigenvalue weighted by atomic mass is 10.2. The fourth-order valence-corrected chi connectivity index (χ4v) is 1.89. The van der Waals surface area contributed by atoms with Crippen LogP contribution in [0.2, 0.25) is 0 Å². The van der Waals surface area contributed by atoms with E-state index in [1.54, 1.807) is 13.8 Å². The minimum Gasteiger partial charge on any atom is -0.436 e. The predicted molar refractivity (Wildman–Crippen MR) is 73.1 cm³/mol. The number of nitrogens with one attached hydrogen (secondary N) is 2. The molecule has 0 aliphatic heterocycles. The molecule has 0 unspecified atom stereocenters. The Labute approximate surface area is 112 Å². The van der Waals surface area contributed by atoms with Crippen LogP contribution in [0.15, 0.2) is 28.7 Å². The van der Waals surface area contributed by atoms with Gasteiger partial charge in [-0.15, -0.1) is 0 Å². The van der Waals surface area contributed by atoms with Crippen molar-refractivity contribution in [3.8, 4) is 0 Å². The van der Waals surface area contributed by atoms with Crippen molar-refractivity contribution in [1.29, 1.82) is 0 Å². The molecule has 5 nitrogen and oxygen atoms in total. The van der Waals surface area contributed by atoms with Crippen LogP contribution in [0.1, 0.15) is 27.7 Å². The number of carbonyl (C=O) groups excluding carboxylic acids is 1. The zero-order valence-corrected chi connectivity index (χ0v) is 11.3. The molecule has 0 radical (unpaired) electrons. The Kier molecular flexibility index (Phi) is 3.97. The first-order chi connectivity index (χ1) is 9.10. The third-order valence-electron chi connectivity index (χ3n) is 2.68. The molecule has 1 amide bonds. The molecule has 2 aromatic rings. The number of hydrogen-bond acceptors (Lipinski definition) is 4. The third-order valence-corrected chi connectivity index (χ3v) is 2.68. The zero-order valence-electron chi connectivity index (χ0n) is 11.3. The smallest absolute Gasteiger partial charge is 0.293 e. The first-order valence-electron chi connectivity index (χ1n) is 6.09. The van der Waals surface area contributed by atoms with E-state index in [0.717, 1.165) is 17.8 Å². The molecule has 0 spiro atoms. The lowest BCUT2D eigenvalue weighted by Crippen LogP contribution is -2.13. The molecule has 0 saturated heterocycles. The average Bonchev–Trinajstić information content (AvgIpc) is 2.69. The van der Waals surface area contributed by atoms with E-state index < -0.39 is 0 Å². The van der Waals surface area contributed by atoms with Crippen LogP contribution in [-0.4, -0.2) is 17.9 Å². The van der Waals surface area contributed by atoms with Gasteiger partial charge in [-0.25, -0.2) is 4.98 Å². The Hall–Kier alpha value is -2.14. The summed E-state index contributed by atoms with van der Waals surface area (Å²) < 4.78 is 5.29. The van der Waals surface area contributed by atoms with E-state index in [0.29, 0.717) is 11.6 Å². The predicted octanol–water partition coefficient (Wildman–Crippen LogP) is 2.26. The Morgan fingerprint density at radius 2 is 2.16 bits per heavy atom. The van der Waals surface area contributed by atoms with Crippen LogP contribution < -0.4 is 10.6 Å². The van der Waals surface area contributed by atoms with Gasteiger partial charge >= 0.3 is 0 Å². The monoisotopic (exact) mass is 259 g/mol. The average molecular weight is 259 g/mol. The fourth-order valence-electron chi connectivity index (χ4n) is 1.89. The Bertz CT molecular complexity index is 590. The zero-order chi connectivity index (χ0) is 13.8. The highest BCUT2D eigenvalue weighted by Crippen LogP contribution is 2.15. The highest BCUT2D eigenvalue weighted by atomic mass is 16.4. The van der Waals surface area contributed by atoms with Gasteiger partial charge in [0.15, 0.2) is 5.89 Å². The minimum atomic E-state index is -0.278. The van der Waals surface area contributed by atoms with Gasteiger partial charge in [-0.1, -0.05) is 12.1 Å². The number of carbonyl (C=O) groups is 1. The van der Waals surface area contributed by atoms with Crippen LogP contribution in [0.4, 0.5) is 5.69 Å². The molecule has 0 saturated carbocycles. The summed E-state index contributed by atoms with van der Waals surface area (Å²) in [4.78, 5) is 16.1. The number of anilines is 1. The molecule has 5 heteroatoms. The van der Waals surface area contributed by atoms with Gasteiger partial charge in [0.05, 0.1) is 5.69 Å². The molecular formula is C14H17N3O2. The first kappa shape index (κ1) is 13.3. The van der Waals surface area contributed by atoms with E-state index in [1.807, 2.05) is 31.3 Å². The van der Waals surface area contributed by atoms with Crippen molar-refractivity contribution in [1.82, 2.24) is 10.3 Å². The second-order valence-corrected chi connectivity index (χ2v) is 4.33. The molecule has 0 fully saturated rings. The summed E-state index contributed by atoms with van der Waals surface area (Å²) in [5.41, 5.74) is 2.44. The van der Waals surface area contributed by atoms with Crippen molar-refractivity contribution in [2.75, 3.05) is 12.4 Å². The van der Waals surface area contributed by atoms with Crippen molar-refractivity contribution in [2.45, 2.75) is 20.4 Å². The van der Waals surface area contributed by atoms with Gasteiger partial charge in [0.25, 0.3) is 5.91 Å². The molecule has 0 bridgehead atoms. The van der Waals surface area contributed by atoms with Crippen LogP contribution in [0.3, 0.4) is 0 Å². The van der Waals surface area contributed by atoms with Crippen LogP contribution >= 0.6 is 0 Å². The summed E-state index contributed by atoms with van der Waals surface area (Å²) in [6.45, 7) is 4.23. The maximum absolute atomic E-state index is 12.1. The standard InChI is InChI=1S/C14H17N3O2/c1-9-13(19-10(2)16-9)14(18)17-12-6-4-5-11(7-12)8-15-3/h4-7,15H,8H2,1-3H3,(H,17,18). The summed E-state index contributed by atoms with van der Waals surface area (Å²) >= 11 is 0. The van der Waals surface area contributed by atoms with E-state index in [2.05, 4.69) is 15.6 Å². The van der Waals surface area contributed by atoms with Crippen LogP contribution in [-0.2, 0) is 6.54 Å². The van der Waals surface area contributed by atoms with Crippen LogP contribution in [0, 0.1) is 13.8 Å². The molecule has 2 rings (SSSR count). The molecule has 1 aromatic carbocycles. The lowest BCUT2D eigenvalue weighted by molar-refractivity contribution is 0.0994. The maximum atomic E-state index is 12.1. The molecule has 0 atom stereocenters. The number of aromatic nitrogens is 1. The number of amides is 1. The van der Waals surface area contributed by atoms with Gasteiger partial charge in [-0.05, 0) is 31.7 Å². The van der Waals surface area contributed by atoms with Gasteiger partial charge in [0.2, 0.25) is 5.76 Å². The SMILES string of the molecule is CNCc1cccc(NC(=O)c2oc(C)nc2C)c1. The molecular weight excluding hydrogens is 242 g/mol. The molecule has 1 aromatic heterocycles. The molecule has 100 valence electrons. The van der Waals surface area contributed by atoms with Gasteiger partial charge in [0, 0.05) is 19.2 Å². The van der Waals surface area contributed by atoms with Gasteiger partial charge in [0.1, 0.15) is 0 Å². The second kappa shape index (κ2) is 5.67. The van der Waals surface area contributed by atoms with Crippen LogP contribution in [0.25, 0.3) is 0 Å². The number of benzene rings is 1. The Balaban J connectivity index is 2.14. The van der Waals surface area contributed by atoms with Crippen molar-refractivity contribution in [2.24, 2.45) is 0 Å².